The topological polar surface area (TPSA) is 141 Å². The zero-order chi connectivity index (χ0) is 36.4. The summed E-state index contributed by atoms with van der Waals surface area (Å²) in [5, 5.41) is 30.8. The number of hydrogen-bond donors (Lipinski definition) is 1. The van der Waals surface area contributed by atoms with E-state index in [2.05, 4.69) is 41.5 Å². The zero-order valence-corrected chi connectivity index (χ0v) is 29.4. The van der Waals surface area contributed by atoms with Crippen molar-refractivity contribution < 1.29 is 24.4 Å². The number of carbonyl (C=O) groups is 2. The van der Waals surface area contributed by atoms with Crippen molar-refractivity contribution in [2.45, 2.75) is 44.6 Å². The maximum atomic E-state index is 13.6. The summed E-state index contributed by atoms with van der Waals surface area (Å²) in [6.45, 7) is 3.44. The van der Waals surface area contributed by atoms with Crippen LogP contribution in [0.1, 0.15) is 41.8 Å². The van der Waals surface area contributed by atoms with Gasteiger partial charge >= 0.3 is 5.97 Å². The number of carbonyl (C=O) groups excluding carboxylic acids is 2. The summed E-state index contributed by atoms with van der Waals surface area (Å²) in [5.41, 5.74) is 3.75. The number of thioether (sulfide) groups is 1. The fourth-order valence-electron chi connectivity index (χ4n) is 7.41. The molecule has 1 aromatic heterocycles. The van der Waals surface area contributed by atoms with Crippen LogP contribution in [0.5, 0.6) is 0 Å². The quantitative estimate of drug-likeness (QED) is 0.0502. The number of aliphatic hydroxyl groups excluding tert-OH is 1. The number of non-ortho nitro benzene ring substituents is 1. The molecule has 0 bridgehead atoms. The fraction of sp³-hybridized carbons (Fsp3) is 0.250. The Kier molecular flexibility index (Phi) is 9.76. The SMILES string of the molecule is C[C@@H](O)[C@H]1C(=O)N2C(C(=O)OCc3ccc([N+](=O)[O-])cc3)=C(SCCc3cn(C(c4ccccc4)(c4ccccc4)c4ccccc4)nn3)[C@H](C)[C@H]12. The Balaban J connectivity index is 1.15. The third kappa shape index (κ3) is 6.18. The normalized spacial score (nSPS) is 18.9. The maximum absolute atomic E-state index is 13.6. The number of rotatable bonds is 13. The lowest BCUT2D eigenvalue weighted by Crippen LogP contribution is -2.63. The van der Waals surface area contributed by atoms with E-state index in [-0.39, 0.29) is 35.9 Å². The predicted octanol–water partition coefficient (Wildman–Crippen LogP) is 6.11. The molecule has 264 valence electrons. The van der Waals surface area contributed by atoms with Crippen LogP contribution in [0.25, 0.3) is 0 Å². The lowest BCUT2D eigenvalue weighted by atomic mass is 9.77. The summed E-state index contributed by atoms with van der Waals surface area (Å²) >= 11 is 1.47. The smallest absolute Gasteiger partial charge is 0.356 e. The number of benzene rings is 4. The predicted molar refractivity (Wildman–Crippen MR) is 196 cm³/mol. The van der Waals surface area contributed by atoms with Crippen molar-refractivity contribution >= 4 is 29.3 Å². The second kappa shape index (κ2) is 14.6. The van der Waals surface area contributed by atoms with Gasteiger partial charge in [0.05, 0.1) is 34.9 Å². The number of aryl methyl sites for hydroxylation is 1. The minimum Gasteiger partial charge on any atom is -0.456 e. The Morgan fingerprint density at radius 1 is 0.942 bits per heavy atom. The van der Waals surface area contributed by atoms with E-state index >= 15 is 0 Å². The Morgan fingerprint density at radius 2 is 1.50 bits per heavy atom. The summed E-state index contributed by atoms with van der Waals surface area (Å²) in [5.74, 6) is -1.25. The molecular formula is C40H37N5O6S. The van der Waals surface area contributed by atoms with Crippen molar-refractivity contribution in [3.05, 3.63) is 170 Å². The number of amides is 1. The van der Waals surface area contributed by atoms with Gasteiger partial charge in [-0.1, -0.05) is 103 Å². The van der Waals surface area contributed by atoms with E-state index in [1.54, 1.807) is 6.92 Å². The van der Waals surface area contributed by atoms with Crippen molar-refractivity contribution in [2.75, 3.05) is 5.75 Å². The van der Waals surface area contributed by atoms with E-state index in [9.17, 15) is 24.8 Å². The fourth-order valence-corrected chi connectivity index (χ4v) is 8.67. The number of fused-ring (bicyclic) bond motifs is 1. The molecule has 1 saturated heterocycles. The summed E-state index contributed by atoms with van der Waals surface area (Å²) in [7, 11) is 0. The van der Waals surface area contributed by atoms with E-state index in [4.69, 9.17) is 9.95 Å². The molecular weight excluding hydrogens is 679 g/mol. The van der Waals surface area contributed by atoms with Gasteiger partial charge in [-0.3, -0.25) is 14.9 Å². The molecule has 2 aliphatic heterocycles. The van der Waals surface area contributed by atoms with Crippen LogP contribution in [0.15, 0.2) is 132 Å². The molecule has 5 aromatic rings. The van der Waals surface area contributed by atoms with Crippen LogP contribution in [0, 0.1) is 22.0 Å². The third-order valence-electron chi connectivity index (χ3n) is 9.89. The molecule has 12 heteroatoms. The molecule has 1 fully saturated rings. The van der Waals surface area contributed by atoms with Crippen LogP contribution in [-0.4, -0.2) is 59.7 Å². The number of nitro benzene ring substituents is 1. The van der Waals surface area contributed by atoms with Crippen molar-refractivity contribution in [1.82, 2.24) is 19.9 Å². The van der Waals surface area contributed by atoms with E-state index in [0.29, 0.717) is 17.7 Å². The van der Waals surface area contributed by atoms with E-state index < -0.39 is 28.5 Å². The molecule has 52 heavy (non-hydrogen) atoms. The molecule has 0 radical (unpaired) electrons. The summed E-state index contributed by atoms with van der Waals surface area (Å²) in [4.78, 5) is 39.6. The number of aliphatic hydroxyl groups is 1. The minimum absolute atomic E-state index is 0.0646. The molecule has 1 N–H and O–H groups in total. The first-order valence-corrected chi connectivity index (χ1v) is 18.1. The van der Waals surface area contributed by atoms with Gasteiger partial charge < -0.3 is 14.7 Å². The molecule has 4 atom stereocenters. The highest BCUT2D eigenvalue weighted by molar-refractivity contribution is 8.03. The average Bonchev–Trinajstić information content (AvgIpc) is 3.73. The second-order valence-electron chi connectivity index (χ2n) is 13.0. The third-order valence-corrected chi connectivity index (χ3v) is 11.2. The minimum atomic E-state index is -0.868. The lowest BCUT2D eigenvalue weighted by Gasteiger charge is -2.46. The van der Waals surface area contributed by atoms with Crippen molar-refractivity contribution in [3.8, 4) is 0 Å². The average molecular weight is 716 g/mol. The van der Waals surface area contributed by atoms with E-state index in [0.717, 1.165) is 27.3 Å². The van der Waals surface area contributed by atoms with Crippen molar-refractivity contribution in [3.63, 3.8) is 0 Å². The van der Waals surface area contributed by atoms with Gasteiger partial charge in [0.25, 0.3) is 5.69 Å². The molecule has 3 heterocycles. The van der Waals surface area contributed by atoms with Crippen molar-refractivity contribution in [2.24, 2.45) is 11.8 Å². The van der Waals surface area contributed by atoms with Crippen molar-refractivity contribution in [1.29, 1.82) is 0 Å². The van der Waals surface area contributed by atoms with E-state index in [1.807, 2.05) is 72.4 Å². The standard InChI is InChI=1S/C40H37N5O6S/c1-26-35-34(27(2)46)38(47)44(35)36(39(48)51-25-28-18-20-33(21-19-28)45(49)50)37(26)52-23-22-32-24-43(42-41-32)40(29-12-6-3-7-13-29,30-14-8-4-9-15-30)31-16-10-5-11-17-31/h3-21,24,26-27,34-35,46H,22-23,25H2,1-2H3/t26-,27-,34-,35-/m1/s1. The molecule has 0 unspecified atom stereocenters. The monoisotopic (exact) mass is 715 g/mol. The summed E-state index contributed by atoms with van der Waals surface area (Å²) < 4.78 is 7.58. The molecule has 0 spiro atoms. The van der Waals surface area contributed by atoms with Gasteiger partial charge in [-0.25, -0.2) is 9.48 Å². The van der Waals surface area contributed by atoms with Gasteiger partial charge in [0.2, 0.25) is 5.91 Å². The Labute approximate surface area is 305 Å². The number of nitro groups is 1. The number of ether oxygens (including phenoxy) is 1. The van der Waals surface area contributed by atoms with E-state index in [1.165, 1.54) is 40.9 Å². The van der Waals surface area contributed by atoms with Gasteiger partial charge in [-0.2, -0.15) is 0 Å². The van der Waals surface area contributed by atoms with Crippen LogP contribution in [0.3, 0.4) is 0 Å². The molecule has 1 amide bonds. The molecule has 0 saturated carbocycles. The lowest BCUT2D eigenvalue weighted by molar-refractivity contribution is -0.384. The Hall–Kier alpha value is -5.59. The second-order valence-corrected chi connectivity index (χ2v) is 14.2. The van der Waals surface area contributed by atoms with Gasteiger partial charge in [0.15, 0.2) is 0 Å². The highest BCUT2D eigenvalue weighted by atomic mass is 32.2. The highest BCUT2D eigenvalue weighted by Gasteiger charge is 2.60. The first-order valence-electron chi connectivity index (χ1n) is 17.1. The molecule has 2 aliphatic rings. The molecule has 0 aliphatic carbocycles. The molecule has 7 rings (SSSR count). The number of aromatic nitrogens is 3. The molecule has 11 nitrogen and oxygen atoms in total. The highest BCUT2D eigenvalue weighted by Crippen LogP contribution is 2.51. The number of β-lactam (4-membered cyclic amide) rings is 1. The zero-order valence-electron chi connectivity index (χ0n) is 28.6. The maximum Gasteiger partial charge on any atom is 0.356 e. The first-order chi connectivity index (χ1) is 25.2. The van der Waals surface area contributed by atoms with Gasteiger partial charge in [0.1, 0.15) is 17.8 Å². The van der Waals surface area contributed by atoms with Crippen LogP contribution < -0.4 is 0 Å². The van der Waals surface area contributed by atoms with Crippen LogP contribution in [-0.2, 0) is 32.9 Å². The van der Waals surface area contributed by atoms with Gasteiger partial charge in [-0.15, -0.1) is 16.9 Å². The van der Waals surface area contributed by atoms with Gasteiger partial charge in [-0.05, 0) is 41.3 Å². The Morgan fingerprint density at radius 3 is 2.02 bits per heavy atom. The number of nitrogens with zero attached hydrogens (tertiary/aromatic N) is 5. The summed E-state index contributed by atoms with van der Waals surface area (Å²) in [6.07, 6.45) is 1.63. The molecule has 4 aromatic carbocycles. The van der Waals surface area contributed by atoms with Crippen LogP contribution >= 0.6 is 11.8 Å². The summed E-state index contributed by atoms with van der Waals surface area (Å²) in [6, 6.07) is 36.1. The Bertz CT molecular complexity index is 2010. The number of hydrogen-bond acceptors (Lipinski definition) is 9. The first kappa shape index (κ1) is 34.8. The van der Waals surface area contributed by atoms with Crippen LogP contribution in [0.4, 0.5) is 5.69 Å². The van der Waals surface area contributed by atoms with Gasteiger partial charge in [0, 0.05) is 35.1 Å². The largest absolute Gasteiger partial charge is 0.456 e. The number of esters is 1. The van der Waals surface area contributed by atoms with Crippen LogP contribution in [0.2, 0.25) is 0 Å².